The third kappa shape index (κ3) is 8.05. The predicted octanol–water partition coefficient (Wildman–Crippen LogP) is 19.6. The van der Waals surface area contributed by atoms with Gasteiger partial charge in [0.15, 0.2) is 0 Å². The summed E-state index contributed by atoms with van der Waals surface area (Å²) in [6, 6.07) is 70.7. The Kier molecular flexibility index (Phi) is 11.6. The van der Waals surface area contributed by atoms with E-state index in [1.807, 2.05) is 121 Å². The van der Waals surface area contributed by atoms with E-state index in [4.69, 9.17) is 0 Å². The lowest BCUT2D eigenvalue weighted by molar-refractivity contribution is -0.254. The summed E-state index contributed by atoms with van der Waals surface area (Å²) in [6.45, 7) is 3.03. The number of allylic oxidation sites excluding steroid dienone is 2. The van der Waals surface area contributed by atoms with E-state index in [9.17, 15) is 0 Å². The molecule has 71 heavy (non-hydrogen) atoms. The Morgan fingerprint density at radius 3 is 0.887 bits per heavy atom. The van der Waals surface area contributed by atoms with Crippen molar-refractivity contribution in [3.63, 3.8) is 0 Å². The highest BCUT2D eigenvalue weighted by molar-refractivity contribution is 7.16. The van der Waals surface area contributed by atoms with E-state index >= 15 is 26.3 Å². The second-order valence-corrected chi connectivity index (χ2v) is 20.3. The van der Waals surface area contributed by atoms with Crippen LogP contribution in [0.25, 0.3) is 98.8 Å². The summed E-state index contributed by atoms with van der Waals surface area (Å²) in [4.78, 5) is 1.42. The van der Waals surface area contributed by atoms with Crippen LogP contribution in [-0.4, -0.2) is 17.8 Å². The molecule has 0 saturated carbocycles. The summed E-state index contributed by atoms with van der Waals surface area (Å²) in [5, 5.41) is 0. The average Bonchev–Trinajstić information content (AvgIpc) is 4.02. The lowest BCUT2D eigenvalue weighted by Gasteiger charge is -2.25. The first-order valence-corrected chi connectivity index (χ1v) is 24.7. The zero-order valence-electron chi connectivity index (χ0n) is 38.4. The van der Waals surface area contributed by atoms with E-state index in [0.29, 0.717) is 20.9 Å². The molecule has 0 N–H and O–H groups in total. The van der Waals surface area contributed by atoms with Gasteiger partial charge in [-0.25, -0.2) is 0 Å². The van der Waals surface area contributed by atoms with Crippen LogP contribution in [0.2, 0.25) is 0 Å². The van der Waals surface area contributed by atoms with Crippen LogP contribution in [0.5, 0.6) is 0 Å². The first-order chi connectivity index (χ1) is 34.3. The normalized spacial score (nSPS) is 14.8. The number of thiophene rings is 2. The predicted molar refractivity (Wildman–Crippen MR) is 283 cm³/mol. The molecule has 0 saturated heterocycles. The molecule has 8 aromatic carbocycles. The minimum atomic E-state index is -5.68. The molecular formula is C63H42F6S2. The zero-order valence-corrected chi connectivity index (χ0v) is 40.0. The van der Waals surface area contributed by atoms with Crippen LogP contribution in [0.15, 0.2) is 218 Å². The van der Waals surface area contributed by atoms with Gasteiger partial charge in [-0.2, -0.15) is 26.3 Å². The van der Waals surface area contributed by atoms with Crippen molar-refractivity contribution in [3.8, 4) is 87.6 Å². The molecule has 0 unspecified atom stereocenters. The Hall–Kier alpha value is -7.52. The summed E-state index contributed by atoms with van der Waals surface area (Å²) in [5.41, 5.74) is 10.1. The topological polar surface area (TPSA) is 0 Å². The van der Waals surface area contributed by atoms with Gasteiger partial charge in [-0.05, 0) is 127 Å². The molecule has 8 heteroatoms. The van der Waals surface area contributed by atoms with Crippen LogP contribution < -0.4 is 0 Å². The van der Waals surface area contributed by atoms with Gasteiger partial charge < -0.3 is 0 Å². The van der Waals surface area contributed by atoms with Gasteiger partial charge in [0.05, 0.1) is 0 Å². The minimum Gasteiger partial charge on any atom is -0.194 e. The fourth-order valence-electron chi connectivity index (χ4n) is 9.73. The molecule has 0 spiro atoms. The molecule has 2 heterocycles. The zero-order chi connectivity index (χ0) is 49.1. The van der Waals surface area contributed by atoms with Gasteiger partial charge in [-0.1, -0.05) is 194 Å². The van der Waals surface area contributed by atoms with E-state index in [1.54, 1.807) is 0 Å². The van der Waals surface area contributed by atoms with E-state index in [0.717, 1.165) is 89.4 Å². The quantitative estimate of drug-likeness (QED) is 0.120. The largest absolute Gasteiger partial charge is 0.380 e. The maximum absolute atomic E-state index is 16.3. The molecule has 2 aromatic heterocycles. The van der Waals surface area contributed by atoms with E-state index < -0.39 is 28.9 Å². The molecule has 1 aliphatic rings. The smallest absolute Gasteiger partial charge is 0.194 e. The van der Waals surface area contributed by atoms with Crippen LogP contribution in [0.1, 0.15) is 20.9 Å². The second kappa shape index (κ2) is 18.0. The third-order valence-electron chi connectivity index (χ3n) is 13.4. The van der Waals surface area contributed by atoms with Crippen LogP contribution in [0.4, 0.5) is 26.3 Å². The van der Waals surface area contributed by atoms with Gasteiger partial charge in [0, 0.05) is 30.7 Å². The summed E-state index contributed by atoms with van der Waals surface area (Å²) < 4.78 is 96.7. The molecule has 0 fully saturated rings. The highest BCUT2D eigenvalue weighted by atomic mass is 32.1. The number of hydrogen-bond donors (Lipinski definition) is 0. The lowest BCUT2D eigenvalue weighted by atomic mass is 9.90. The molecule has 0 amide bonds. The Morgan fingerprint density at radius 2 is 0.549 bits per heavy atom. The van der Waals surface area contributed by atoms with Crippen molar-refractivity contribution in [1.82, 2.24) is 0 Å². The first kappa shape index (κ1) is 45.9. The number of aryl methyl sites for hydroxylation is 2. The molecule has 0 atom stereocenters. The van der Waals surface area contributed by atoms with Gasteiger partial charge in [0.2, 0.25) is 0 Å². The monoisotopic (exact) mass is 976 g/mol. The van der Waals surface area contributed by atoms with Crippen LogP contribution in [0.3, 0.4) is 0 Å². The molecule has 0 radical (unpaired) electrons. The standard InChI is InChI=1S/C63H42F6S2/c1-39-53(37-57(70-39)47-27-23-45(24-28-47)51-33-31-49(41-15-7-3-8-16-41)35-55(51)43-19-11-5-12-20-43)59-60(62(66,67)63(68,69)61(59,64)65)54-38-58(71-40(54)2)48-29-25-46(26-30-48)52-34-32-50(42-17-9-4-10-18-42)36-56(52)44-21-13-6-14-22-44/h3-38H,1-2H3. The maximum Gasteiger partial charge on any atom is 0.380 e. The van der Waals surface area contributed by atoms with Crippen molar-refractivity contribution >= 4 is 33.8 Å². The minimum absolute atomic E-state index is 0.225. The SMILES string of the molecule is Cc1sc(-c2ccc(-c3ccc(-c4ccccc4)cc3-c3ccccc3)cc2)cc1C1=C(c2cc(-c3ccc(-c4ccc(-c5ccccc5)cc4-c4ccccc4)cc3)sc2C)C(F)(F)C(F)(F)C1(F)F. The van der Waals surface area contributed by atoms with Gasteiger partial charge >= 0.3 is 17.8 Å². The number of hydrogen-bond acceptors (Lipinski definition) is 2. The molecule has 10 aromatic rings. The first-order valence-electron chi connectivity index (χ1n) is 23.1. The van der Waals surface area contributed by atoms with E-state index in [2.05, 4.69) is 84.9 Å². The van der Waals surface area contributed by atoms with Crippen molar-refractivity contribution in [2.24, 2.45) is 0 Å². The van der Waals surface area contributed by atoms with Crippen LogP contribution in [0, 0.1) is 13.8 Å². The lowest BCUT2D eigenvalue weighted by Crippen LogP contribution is -2.48. The number of alkyl halides is 6. The Bertz CT molecular complexity index is 3350. The Morgan fingerprint density at radius 1 is 0.268 bits per heavy atom. The number of rotatable bonds is 10. The summed E-state index contributed by atoms with van der Waals surface area (Å²) in [5.74, 6) is -16.0. The fourth-order valence-corrected chi connectivity index (χ4v) is 11.8. The van der Waals surface area contributed by atoms with Gasteiger partial charge in [-0.15, -0.1) is 22.7 Å². The second-order valence-electron chi connectivity index (χ2n) is 17.8. The van der Waals surface area contributed by atoms with Crippen molar-refractivity contribution < 1.29 is 26.3 Å². The van der Waals surface area contributed by atoms with Crippen molar-refractivity contribution in [2.45, 2.75) is 31.6 Å². The van der Waals surface area contributed by atoms with Gasteiger partial charge in [-0.3, -0.25) is 0 Å². The fraction of sp³-hybridized carbons (Fsp3) is 0.0794. The van der Waals surface area contributed by atoms with Crippen LogP contribution in [-0.2, 0) is 0 Å². The van der Waals surface area contributed by atoms with Gasteiger partial charge in [0.1, 0.15) is 0 Å². The summed E-state index contributed by atoms with van der Waals surface area (Å²) in [7, 11) is 0. The molecule has 0 nitrogen and oxygen atoms in total. The summed E-state index contributed by atoms with van der Waals surface area (Å²) in [6.07, 6.45) is 0. The molecule has 348 valence electrons. The molecule has 0 bridgehead atoms. The Balaban J connectivity index is 0.942. The molecular weight excluding hydrogens is 935 g/mol. The van der Waals surface area contributed by atoms with Crippen LogP contribution >= 0.6 is 22.7 Å². The highest BCUT2D eigenvalue weighted by Crippen LogP contribution is 2.66. The number of benzene rings is 8. The average molecular weight is 977 g/mol. The van der Waals surface area contributed by atoms with E-state index in [1.165, 1.54) is 26.0 Å². The Labute approximate surface area is 416 Å². The van der Waals surface area contributed by atoms with Gasteiger partial charge in [0.25, 0.3) is 0 Å². The third-order valence-corrected chi connectivity index (χ3v) is 15.6. The van der Waals surface area contributed by atoms with E-state index in [-0.39, 0.29) is 20.9 Å². The molecule has 0 aliphatic heterocycles. The van der Waals surface area contributed by atoms with Crippen molar-refractivity contribution in [2.75, 3.05) is 0 Å². The van der Waals surface area contributed by atoms with Crippen molar-refractivity contribution in [1.29, 1.82) is 0 Å². The van der Waals surface area contributed by atoms with Crippen molar-refractivity contribution in [3.05, 3.63) is 239 Å². The highest BCUT2D eigenvalue weighted by Gasteiger charge is 2.80. The molecule has 11 rings (SSSR count). The summed E-state index contributed by atoms with van der Waals surface area (Å²) >= 11 is 2.21. The maximum atomic E-state index is 16.3. The number of halogens is 6. The molecule has 1 aliphatic carbocycles.